The second-order valence-corrected chi connectivity index (χ2v) is 28.5. The zero-order valence-corrected chi connectivity index (χ0v) is 55.8. The molecule has 33 atom stereocenters. The molecule has 4 aliphatic carbocycles. The highest BCUT2D eigenvalue weighted by molar-refractivity contribution is 5.66. The van der Waals surface area contributed by atoms with E-state index in [1.165, 1.54) is 19.6 Å². The van der Waals surface area contributed by atoms with Gasteiger partial charge >= 0.3 is 5.97 Å². The highest BCUT2D eigenvalue weighted by atomic mass is 16.8. The van der Waals surface area contributed by atoms with Crippen molar-refractivity contribution in [3.63, 3.8) is 0 Å². The molecule has 11 rings (SSSR count). The second kappa shape index (κ2) is 28.4. The summed E-state index contributed by atoms with van der Waals surface area (Å²) in [5.41, 5.74) is 0.271. The summed E-state index contributed by atoms with van der Waals surface area (Å²) in [4.78, 5) is 12.1. The molecule has 0 aromatic carbocycles. The maximum Gasteiger partial charge on any atom is 0.303 e. The SMILES string of the molecule is COC1CC(OC2C(C)OC3(COC4C(C)OC(OC(C)C5(O)CCC6C7CC=C8CC(O)CCC8(C)C7CCC65C)CC4OCO3)CC2OC)OC(C)C1OC1CC(OC)C(OC2CC(OC)C(OC3OC(C)C(O)C(OC)C3OC(C)=O)C(C)O2)C(C)O1. The van der Waals surface area contributed by atoms with Crippen molar-refractivity contribution in [1.29, 1.82) is 0 Å². The molecular weight excluding hydrogens is 1180 g/mol. The lowest BCUT2D eigenvalue weighted by molar-refractivity contribution is -0.396. The van der Waals surface area contributed by atoms with E-state index in [0.717, 1.165) is 44.9 Å². The zero-order valence-electron chi connectivity index (χ0n) is 55.8. The molecule has 0 amide bonds. The Balaban J connectivity index is 0.644. The number of aliphatic hydroxyl groups excluding tert-OH is 2. The summed E-state index contributed by atoms with van der Waals surface area (Å²) in [5, 5.41) is 34.1. The van der Waals surface area contributed by atoms with Gasteiger partial charge in [-0.15, -0.1) is 0 Å². The van der Waals surface area contributed by atoms with Crippen LogP contribution in [0.15, 0.2) is 11.6 Å². The molecule has 33 unspecified atom stereocenters. The van der Waals surface area contributed by atoms with Crippen molar-refractivity contribution in [3.8, 4) is 0 Å². The van der Waals surface area contributed by atoms with Crippen molar-refractivity contribution in [1.82, 2.24) is 0 Å². The molecule has 3 saturated carbocycles. The molecule has 0 aromatic rings. The van der Waals surface area contributed by atoms with Crippen LogP contribution >= 0.6 is 0 Å². The zero-order chi connectivity index (χ0) is 64.4. The number of carbonyl (C=O) groups excluding carboxylic acids is 1. The van der Waals surface area contributed by atoms with E-state index in [4.69, 9.17) is 94.7 Å². The van der Waals surface area contributed by atoms with E-state index in [0.29, 0.717) is 43.4 Å². The number of hydrogen-bond acceptors (Lipinski definition) is 24. The Labute approximate surface area is 532 Å². The van der Waals surface area contributed by atoms with Crippen molar-refractivity contribution in [2.75, 3.05) is 48.9 Å². The highest BCUT2D eigenvalue weighted by Crippen LogP contribution is 2.68. The smallest absolute Gasteiger partial charge is 0.303 e. The Morgan fingerprint density at radius 1 is 0.611 bits per heavy atom. The van der Waals surface area contributed by atoms with Crippen molar-refractivity contribution >= 4 is 5.97 Å². The molecule has 0 aromatic heterocycles. The van der Waals surface area contributed by atoms with Gasteiger partial charge in [-0.25, -0.2) is 0 Å². The van der Waals surface area contributed by atoms with Gasteiger partial charge in [0.1, 0.15) is 49.3 Å². The molecule has 11 aliphatic rings. The van der Waals surface area contributed by atoms with Crippen molar-refractivity contribution in [3.05, 3.63) is 11.6 Å². The minimum atomic E-state index is -1.21. The quantitative estimate of drug-likeness (QED) is 0.113. The maximum atomic E-state index is 12.8. The predicted octanol–water partition coefficient (Wildman–Crippen LogP) is 5.90. The fourth-order valence-electron chi connectivity index (χ4n) is 18.4. The summed E-state index contributed by atoms with van der Waals surface area (Å²) in [6.07, 6.45) is -4.22. The molecular formula is C66H108O24. The van der Waals surface area contributed by atoms with E-state index < -0.39 is 171 Å². The number of carbonyl (C=O) groups is 1. The molecule has 1 spiro atoms. The van der Waals surface area contributed by atoms with Crippen LogP contribution in [0.3, 0.4) is 0 Å². The monoisotopic (exact) mass is 1280 g/mol. The van der Waals surface area contributed by atoms with Crippen LogP contribution in [0.2, 0.25) is 0 Å². The van der Waals surface area contributed by atoms with Crippen LogP contribution in [0, 0.1) is 28.6 Å². The minimum absolute atomic E-state index is 0.0559. The van der Waals surface area contributed by atoms with Gasteiger partial charge in [0.2, 0.25) is 0 Å². The molecule has 24 nitrogen and oxygen atoms in total. The number of rotatable bonds is 17. The van der Waals surface area contributed by atoms with E-state index in [9.17, 15) is 20.1 Å². The molecule has 24 heteroatoms. The third kappa shape index (κ3) is 13.6. The minimum Gasteiger partial charge on any atom is -0.454 e. The third-order valence-electron chi connectivity index (χ3n) is 23.4. The van der Waals surface area contributed by atoms with E-state index in [2.05, 4.69) is 19.9 Å². The number of esters is 1. The van der Waals surface area contributed by atoms with Gasteiger partial charge in [-0.3, -0.25) is 4.79 Å². The maximum absolute atomic E-state index is 12.8. The van der Waals surface area contributed by atoms with Gasteiger partial charge in [0.05, 0.1) is 85.0 Å². The lowest BCUT2D eigenvalue weighted by Crippen LogP contribution is -2.62. The van der Waals surface area contributed by atoms with E-state index in [1.54, 1.807) is 35.4 Å². The number of allylic oxidation sites excluding steroid dienone is 1. The molecule has 10 fully saturated rings. The number of ether oxygens (including phenoxy) is 20. The fraction of sp³-hybridized carbons (Fsp3) is 0.955. The van der Waals surface area contributed by atoms with Gasteiger partial charge in [0.25, 0.3) is 0 Å². The number of aliphatic hydroxyl groups is 3. The lowest BCUT2D eigenvalue weighted by Gasteiger charge is -2.59. The van der Waals surface area contributed by atoms with Crippen LogP contribution in [-0.4, -0.2) is 241 Å². The molecule has 516 valence electrons. The van der Waals surface area contributed by atoms with Crippen LogP contribution in [0.1, 0.15) is 153 Å². The first-order chi connectivity index (χ1) is 42.9. The van der Waals surface area contributed by atoms with Crippen LogP contribution < -0.4 is 0 Å². The molecule has 7 saturated heterocycles. The molecule has 7 heterocycles. The number of hydrogen-bond donors (Lipinski definition) is 3. The fourth-order valence-corrected chi connectivity index (χ4v) is 18.4. The van der Waals surface area contributed by atoms with Gasteiger partial charge in [0.15, 0.2) is 50.1 Å². The summed E-state index contributed by atoms with van der Waals surface area (Å²) in [5.74, 6) is -0.313. The van der Waals surface area contributed by atoms with E-state index in [-0.39, 0.29) is 43.2 Å². The van der Waals surface area contributed by atoms with E-state index >= 15 is 0 Å². The largest absolute Gasteiger partial charge is 0.454 e. The number of fused-ring (bicyclic) bond motifs is 6. The Kier molecular flexibility index (Phi) is 22.0. The van der Waals surface area contributed by atoms with Crippen molar-refractivity contribution in [2.45, 2.75) is 324 Å². The first-order valence-corrected chi connectivity index (χ1v) is 33.6. The van der Waals surface area contributed by atoms with Gasteiger partial charge in [0, 0.05) is 80.0 Å². The average molecular weight is 1290 g/mol. The van der Waals surface area contributed by atoms with Crippen LogP contribution in [0.5, 0.6) is 0 Å². The first-order valence-electron chi connectivity index (χ1n) is 33.6. The Bertz CT molecular complexity index is 2410. The van der Waals surface area contributed by atoms with Crippen LogP contribution in [0.25, 0.3) is 0 Å². The molecule has 90 heavy (non-hydrogen) atoms. The normalized spacial score (nSPS) is 52.0. The van der Waals surface area contributed by atoms with Gasteiger partial charge < -0.3 is 110 Å². The molecule has 3 N–H and O–H groups in total. The summed E-state index contributed by atoms with van der Waals surface area (Å²) < 4.78 is 127. The second-order valence-electron chi connectivity index (χ2n) is 28.5. The van der Waals surface area contributed by atoms with E-state index in [1.807, 2.05) is 41.5 Å². The summed E-state index contributed by atoms with van der Waals surface area (Å²) >= 11 is 0. The predicted molar refractivity (Wildman–Crippen MR) is 317 cm³/mol. The molecule has 0 bridgehead atoms. The average Bonchev–Trinajstić information content (AvgIpc) is 1.45. The number of methoxy groups -OCH3 is 5. The summed E-state index contributed by atoms with van der Waals surface area (Å²) in [7, 11) is 7.92. The van der Waals surface area contributed by atoms with Crippen molar-refractivity contribution < 1.29 is 115 Å². The standard InChI is InChI=1S/C66H108O24/c1-32-54(69)60(75-15)61(85-39(8)67)62(83-32)89-58-36(5)82-52(27-47(58)73-13)87-56-34(3)80-51(25-45(56)71-11)86-57-35(4)81-53(26-46(57)72-12)88-59-37(6)90-65(29-49(59)74-14)30-76-55-33(2)79-50(28-48(55)77-31-78-65)84-38(7)66(70)23-20-44-42-17-16-40-24-41(68)18-21-63(40,9)43(42)19-22-64(44,66)10/h16,32-38,41-62,68-70H,17-31H2,1-15H3. The van der Waals surface area contributed by atoms with Gasteiger partial charge in [-0.1, -0.05) is 25.5 Å². The first kappa shape index (κ1) is 69.7. The highest BCUT2D eigenvalue weighted by Gasteiger charge is 2.66. The lowest BCUT2D eigenvalue weighted by atomic mass is 9.46. The van der Waals surface area contributed by atoms with Gasteiger partial charge in [-0.05, 0) is 123 Å². The van der Waals surface area contributed by atoms with Gasteiger partial charge in [-0.2, -0.15) is 0 Å². The summed E-state index contributed by atoms with van der Waals surface area (Å²) in [6, 6.07) is 0. The topological polar surface area (TPSA) is 262 Å². The Hall–Kier alpha value is -1.67. The molecule has 7 aliphatic heterocycles. The van der Waals surface area contributed by atoms with Crippen LogP contribution in [-0.2, 0) is 99.5 Å². The van der Waals surface area contributed by atoms with Crippen LogP contribution in [0.4, 0.5) is 0 Å². The third-order valence-corrected chi connectivity index (χ3v) is 23.4. The molecule has 0 radical (unpaired) electrons. The van der Waals surface area contributed by atoms with Crippen molar-refractivity contribution in [2.24, 2.45) is 28.6 Å². The Morgan fingerprint density at radius 3 is 1.76 bits per heavy atom. The summed E-state index contributed by atoms with van der Waals surface area (Å²) in [6.45, 7) is 19.4. The Morgan fingerprint density at radius 2 is 1.18 bits per heavy atom.